The molecule has 6 nitrogen and oxygen atoms in total. The van der Waals surface area contributed by atoms with Gasteiger partial charge in [0.05, 0.1) is 10.8 Å². The summed E-state index contributed by atoms with van der Waals surface area (Å²) in [6, 6.07) is 3.77. The molecule has 0 aliphatic heterocycles. The number of Topliss-reactive ketones (excluding diaryl/α,β-unsaturated/α-hetero) is 3. The van der Waals surface area contributed by atoms with E-state index in [4.69, 9.17) is 0 Å². The predicted molar refractivity (Wildman–Crippen MR) is 176 cm³/mol. The Morgan fingerprint density at radius 3 is 1.93 bits per heavy atom. The first-order chi connectivity index (χ1) is 20.3. The molecule has 6 heteroatoms. The van der Waals surface area contributed by atoms with Crippen LogP contribution in [0.1, 0.15) is 126 Å². The van der Waals surface area contributed by atoms with Crippen molar-refractivity contribution in [2.45, 2.75) is 121 Å². The van der Waals surface area contributed by atoms with E-state index in [0.29, 0.717) is 37.5 Å². The lowest BCUT2D eigenvalue weighted by Gasteiger charge is -2.61. The van der Waals surface area contributed by atoms with E-state index in [1.165, 1.54) is 12.1 Å². The summed E-state index contributed by atoms with van der Waals surface area (Å²) in [5.41, 5.74) is -3.89. The van der Waals surface area contributed by atoms with Crippen molar-refractivity contribution in [2.24, 2.45) is 51.8 Å². The fraction of sp³-hybridized carbons (Fsp3) is 0.711. The molecule has 0 spiro atoms. The van der Waals surface area contributed by atoms with Gasteiger partial charge in [-0.15, -0.1) is 0 Å². The van der Waals surface area contributed by atoms with E-state index in [0.717, 1.165) is 31.7 Å². The second-order valence-corrected chi connectivity index (χ2v) is 16.1. The van der Waals surface area contributed by atoms with Crippen molar-refractivity contribution in [3.8, 4) is 11.5 Å². The topological polar surface area (TPSA) is 112 Å². The van der Waals surface area contributed by atoms with E-state index in [1.54, 1.807) is 0 Å². The van der Waals surface area contributed by atoms with Crippen LogP contribution in [0.2, 0.25) is 0 Å². The van der Waals surface area contributed by atoms with Crippen molar-refractivity contribution in [1.29, 1.82) is 0 Å². The number of aliphatic hydroxyl groups is 1. The number of aromatic hydroxyl groups is 2. The minimum Gasteiger partial charge on any atom is -0.506 e. The van der Waals surface area contributed by atoms with Crippen LogP contribution in [0.15, 0.2) is 23.8 Å². The average Bonchev–Trinajstić information content (AvgIpc) is 2.91. The maximum atomic E-state index is 15.3. The van der Waals surface area contributed by atoms with Crippen LogP contribution >= 0.6 is 0 Å². The van der Waals surface area contributed by atoms with Crippen molar-refractivity contribution >= 4 is 23.1 Å². The molecule has 0 saturated heterocycles. The lowest BCUT2D eigenvalue weighted by Crippen LogP contribution is -2.70. The van der Waals surface area contributed by atoms with E-state index in [-0.39, 0.29) is 46.3 Å². The molecule has 0 radical (unpaired) electrons. The zero-order chi connectivity index (χ0) is 33.4. The molecular formula is C38H58O6. The van der Waals surface area contributed by atoms with Crippen LogP contribution in [-0.4, -0.2) is 32.7 Å². The summed E-state index contributed by atoms with van der Waals surface area (Å²) in [5, 5.41) is 31.9. The zero-order valence-corrected chi connectivity index (χ0v) is 28.9. The minimum atomic E-state index is -1.47. The molecule has 2 bridgehead atoms. The Morgan fingerprint density at radius 2 is 1.41 bits per heavy atom. The normalized spacial score (nSPS) is 27.1. The highest BCUT2D eigenvalue weighted by Gasteiger charge is 2.74. The number of phenolic OH excluding ortho intramolecular Hbond substituents is 2. The Bertz CT molecular complexity index is 1260. The summed E-state index contributed by atoms with van der Waals surface area (Å²) >= 11 is 0. The van der Waals surface area contributed by atoms with Gasteiger partial charge in [-0.25, -0.2) is 0 Å². The fourth-order valence-electron chi connectivity index (χ4n) is 7.98. The highest BCUT2D eigenvalue weighted by molar-refractivity contribution is 6.41. The number of rotatable bonds is 13. The molecule has 44 heavy (non-hydrogen) atoms. The van der Waals surface area contributed by atoms with Crippen molar-refractivity contribution in [3.05, 3.63) is 29.3 Å². The van der Waals surface area contributed by atoms with E-state index in [2.05, 4.69) is 55.4 Å². The molecule has 246 valence electrons. The van der Waals surface area contributed by atoms with Gasteiger partial charge >= 0.3 is 0 Å². The fourth-order valence-corrected chi connectivity index (χ4v) is 7.98. The number of fused-ring (bicyclic) bond motifs is 2. The van der Waals surface area contributed by atoms with Crippen LogP contribution in [0.3, 0.4) is 0 Å². The molecule has 2 saturated carbocycles. The van der Waals surface area contributed by atoms with Gasteiger partial charge in [-0.3, -0.25) is 14.4 Å². The van der Waals surface area contributed by atoms with E-state index in [1.807, 2.05) is 13.8 Å². The molecule has 3 rings (SSSR count). The zero-order valence-electron chi connectivity index (χ0n) is 28.9. The van der Waals surface area contributed by atoms with Crippen molar-refractivity contribution in [3.63, 3.8) is 0 Å². The smallest absolute Gasteiger partial charge is 0.184 e. The number of carbonyl (C=O) groups excluding carboxylic acids is 3. The second-order valence-electron chi connectivity index (χ2n) is 16.1. The minimum absolute atomic E-state index is 0.0259. The van der Waals surface area contributed by atoms with Gasteiger partial charge in [0, 0.05) is 5.56 Å². The number of benzene rings is 1. The highest BCUT2D eigenvalue weighted by Crippen LogP contribution is 2.66. The molecular weight excluding hydrogens is 552 g/mol. The van der Waals surface area contributed by atoms with Crippen LogP contribution in [0.4, 0.5) is 0 Å². The molecule has 3 N–H and O–H groups in total. The average molecular weight is 611 g/mol. The summed E-state index contributed by atoms with van der Waals surface area (Å²) in [6.07, 6.45) is 5.28. The maximum absolute atomic E-state index is 15.3. The molecule has 0 aromatic heterocycles. The lowest BCUT2D eigenvalue weighted by atomic mass is 9.38. The SMILES string of the molecule is CC(C)CC[C@@H](C[C@@]12C[C@@H](CCC(C)C)C(C)(C)[C@@](CCC(C)C)(C(=O)/C(=C(/O)c3ccc(O)c(O)c3)C1=O)C2=O)C(C)C. The Hall–Kier alpha value is -2.63. The van der Waals surface area contributed by atoms with Crippen molar-refractivity contribution < 1.29 is 29.7 Å². The van der Waals surface area contributed by atoms with Gasteiger partial charge < -0.3 is 15.3 Å². The Morgan fingerprint density at radius 1 is 0.818 bits per heavy atom. The molecule has 2 aliphatic carbocycles. The second kappa shape index (κ2) is 13.4. The van der Waals surface area contributed by atoms with E-state index >= 15 is 4.79 Å². The van der Waals surface area contributed by atoms with Gasteiger partial charge in [0.1, 0.15) is 11.3 Å². The molecule has 1 aromatic carbocycles. The molecule has 0 unspecified atom stereocenters. The summed E-state index contributed by atoms with van der Waals surface area (Å²) in [5.74, 6) is -1.33. The van der Waals surface area contributed by atoms with Crippen LogP contribution < -0.4 is 0 Å². The number of ketones is 3. The number of hydrogen-bond acceptors (Lipinski definition) is 6. The van der Waals surface area contributed by atoms with Gasteiger partial charge in [-0.1, -0.05) is 82.1 Å². The Kier molecular flexibility index (Phi) is 10.9. The summed E-state index contributed by atoms with van der Waals surface area (Å²) in [7, 11) is 0. The Labute approximate surface area is 265 Å². The summed E-state index contributed by atoms with van der Waals surface area (Å²) in [6.45, 7) is 21.2. The van der Waals surface area contributed by atoms with Crippen LogP contribution in [0.5, 0.6) is 11.5 Å². The van der Waals surface area contributed by atoms with Gasteiger partial charge in [0.25, 0.3) is 0 Å². The van der Waals surface area contributed by atoms with Gasteiger partial charge in [0.15, 0.2) is 28.8 Å². The molecule has 2 aliphatic rings. The van der Waals surface area contributed by atoms with Crippen LogP contribution in [0, 0.1) is 51.8 Å². The number of phenols is 2. The number of carbonyl (C=O) groups is 3. The molecule has 0 amide bonds. The first-order valence-corrected chi connectivity index (χ1v) is 16.9. The van der Waals surface area contributed by atoms with Gasteiger partial charge in [-0.05, 0) is 97.6 Å². The first-order valence-electron chi connectivity index (χ1n) is 16.9. The van der Waals surface area contributed by atoms with Crippen LogP contribution in [-0.2, 0) is 14.4 Å². The first kappa shape index (κ1) is 35.8. The largest absolute Gasteiger partial charge is 0.506 e. The monoisotopic (exact) mass is 610 g/mol. The van der Waals surface area contributed by atoms with Gasteiger partial charge in [-0.2, -0.15) is 0 Å². The third-order valence-electron chi connectivity index (χ3n) is 11.2. The molecule has 0 heterocycles. The summed E-state index contributed by atoms with van der Waals surface area (Å²) < 4.78 is 0. The number of hydrogen-bond donors (Lipinski definition) is 3. The molecule has 2 fully saturated rings. The van der Waals surface area contributed by atoms with Crippen molar-refractivity contribution in [1.82, 2.24) is 0 Å². The third kappa shape index (κ3) is 6.37. The maximum Gasteiger partial charge on any atom is 0.184 e. The van der Waals surface area contributed by atoms with E-state index in [9.17, 15) is 24.9 Å². The number of allylic oxidation sites excluding steroid dienone is 1. The standard InChI is InChI=1S/C38H58O6/c1-22(2)11-13-27(25(7)8)20-37-21-28(15-12-23(3)4)36(9,10)38(35(37)44,18-17-24(5)6)34(43)31(33(37)42)32(41)26-14-16-29(39)30(40)19-26/h14,16,19,22-25,27-28,39-41H,11-13,15,17-18,20-21H2,1-10H3/b32-31+/t27-,28+,37+,38-/m0/s1. The van der Waals surface area contributed by atoms with Gasteiger partial charge in [0.2, 0.25) is 0 Å². The quantitative estimate of drug-likeness (QED) is 0.0675. The predicted octanol–water partition coefficient (Wildman–Crippen LogP) is 9.08. The lowest BCUT2D eigenvalue weighted by molar-refractivity contribution is -0.180. The molecule has 4 atom stereocenters. The van der Waals surface area contributed by atoms with Crippen LogP contribution in [0.25, 0.3) is 5.76 Å². The highest BCUT2D eigenvalue weighted by atomic mass is 16.3. The third-order valence-corrected chi connectivity index (χ3v) is 11.2. The summed E-state index contributed by atoms with van der Waals surface area (Å²) in [4.78, 5) is 45.2. The Balaban J connectivity index is 2.39. The van der Waals surface area contributed by atoms with Crippen molar-refractivity contribution in [2.75, 3.05) is 0 Å². The molecule has 1 aromatic rings. The van der Waals surface area contributed by atoms with E-state index < -0.39 is 39.3 Å². The number of aliphatic hydroxyl groups excluding tert-OH is 1.